The summed E-state index contributed by atoms with van der Waals surface area (Å²) in [6.45, 7) is 6.60. The summed E-state index contributed by atoms with van der Waals surface area (Å²) in [4.78, 5) is 41.0. The van der Waals surface area contributed by atoms with Crippen LogP contribution in [0.2, 0.25) is 5.02 Å². The summed E-state index contributed by atoms with van der Waals surface area (Å²) >= 11 is 7.00. The second-order valence-electron chi connectivity index (χ2n) is 10.7. The largest absolute Gasteiger partial charge is 0.444 e. The Morgan fingerprint density at radius 2 is 1.88 bits per heavy atom. The zero-order valence-corrected chi connectivity index (χ0v) is 24.1. The van der Waals surface area contributed by atoms with Crippen LogP contribution < -0.4 is 15.5 Å². The van der Waals surface area contributed by atoms with E-state index < -0.39 is 41.2 Å². The number of halogens is 3. The van der Waals surface area contributed by atoms with E-state index in [1.807, 2.05) is 0 Å². The number of alkyl carbamates (subject to hydrolysis) is 1. The molecule has 216 valence electrons. The van der Waals surface area contributed by atoms with Gasteiger partial charge in [-0.25, -0.2) is 13.6 Å². The Kier molecular flexibility index (Phi) is 9.58. The molecule has 12 heteroatoms. The van der Waals surface area contributed by atoms with Crippen molar-refractivity contribution < 1.29 is 32.6 Å². The zero-order valence-electron chi connectivity index (χ0n) is 22.5. The third kappa shape index (κ3) is 7.64. The van der Waals surface area contributed by atoms with E-state index in [1.165, 1.54) is 29.2 Å². The van der Waals surface area contributed by atoms with Crippen molar-refractivity contribution >= 4 is 47.0 Å². The number of amides is 3. The van der Waals surface area contributed by atoms with E-state index in [9.17, 15) is 18.8 Å². The Balaban J connectivity index is 1.64. The van der Waals surface area contributed by atoms with Crippen molar-refractivity contribution in [3.05, 3.63) is 58.1 Å². The van der Waals surface area contributed by atoms with Crippen LogP contribution in [0.1, 0.15) is 49.5 Å². The van der Waals surface area contributed by atoms with Gasteiger partial charge in [-0.1, -0.05) is 17.7 Å². The van der Waals surface area contributed by atoms with Crippen LogP contribution in [0.15, 0.2) is 35.2 Å². The number of thioether (sulfide) groups is 1. The van der Waals surface area contributed by atoms with Crippen molar-refractivity contribution in [2.75, 3.05) is 30.4 Å². The average molecular weight is 596 g/mol. The van der Waals surface area contributed by atoms with Gasteiger partial charge in [0.05, 0.1) is 22.8 Å². The molecule has 2 aromatic carbocycles. The molecule has 2 heterocycles. The van der Waals surface area contributed by atoms with E-state index in [-0.39, 0.29) is 34.5 Å². The van der Waals surface area contributed by atoms with Crippen LogP contribution in [0.5, 0.6) is 0 Å². The number of carbonyl (C=O) groups is 3. The lowest BCUT2D eigenvalue weighted by Gasteiger charge is -2.27. The molecule has 0 radical (unpaired) electrons. The van der Waals surface area contributed by atoms with Crippen LogP contribution in [-0.4, -0.2) is 55.1 Å². The highest BCUT2D eigenvalue weighted by atomic mass is 35.5. The van der Waals surface area contributed by atoms with Gasteiger partial charge in [-0.3, -0.25) is 9.59 Å². The van der Waals surface area contributed by atoms with Gasteiger partial charge in [0.2, 0.25) is 0 Å². The smallest absolute Gasteiger partial charge is 0.408 e. The van der Waals surface area contributed by atoms with Gasteiger partial charge in [-0.05, 0) is 69.4 Å². The first-order valence-corrected chi connectivity index (χ1v) is 14.3. The fraction of sp³-hybridized carbons (Fsp3) is 0.464. The molecule has 2 aromatic rings. The van der Waals surface area contributed by atoms with Crippen molar-refractivity contribution in [3.8, 4) is 0 Å². The number of rotatable bonds is 6. The molecule has 0 bridgehead atoms. The molecule has 0 spiro atoms. The number of hydrogen-bond donors (Lipinski definition) is 2. The average Bonchev–Trinajstić information content (AvgIpc) is 3.00. The van der Waals surface area contributed by atoms with Crippen molar-refractivity contribution in [2.24, 2.45) is 5.92 Å². The highest BCUT2D eigenvalue weighted by molar-refractivity contribution is 7.99. The van der Waals surface area contributed by atoms with E-state index in [0.717, 1.165) is 24.6 Å². The van der Waals surface area contributed by atoms with Gasteiger partial charge in [-0.15, -0.1) is 11.8 Å². The SMILES string of the molecule is CC(C)(C)OC(=O)N[C@H]1CSc2cc(F)c(C(=O)NCC3CCOCC3)cc2N(Cc2ccc(Cl)c(F)c2)C1=O. The van der Waals surface area contributed by atoms with Crippen molar-refractivity contribution in [3.63, 3.8) is 0 Å². The summed E-state index contributed by atoms with van der Waals surface area (Å²) in [5.74, 6) is -2.20. The van der Waals surface area contributed by atoms with E-state index >= 15 is 4.39 Å². The summed E-state index contributed by atoms with van der Waals surface area (Å²) in [6, 6.07) is 5.66. The van der Waals surface area contributed by atoms with Gasteiger partial charge in [-0.2, -0.15) is 0 Å². The molecule has 3 amide bonds. The van der Waals surface area contributed by atoms with Crippen LogP contribution in [0.3, 0.4) is 0 Å². The maximum Gasteiger partial charge on any atom is 0.408 e. The number of nitrogens with one attached hydrogen (secondary N) is 2. The fourth-order valence-corrected chi connectivity index (χ4v) is 5.61. The fourth-order valence-electron chi connectivity index (χ4n) is 4.42. The molecule has 1 atom stereocenters. The van der Waals surface area contributed by atoms with Crippen LogP contribution >= 0.6 is 23.4 Å². The van der Waals surface area contributed by atoms with Gasteiger partial charge >= 0.3 is 6.09 Å². The molecular formula is C28H32ClF2N3O5S. The molecular weight excluding hydrogens is 564 g/mol. The van der Waals surface area contributed by atoms with Crippen molar-refractivity contribution in [1.82, 2.24) is 10.6 Å². The molecule has 40 heavy (non-hydrogen) atoms. The first-order valence-electron chi connectivity index (χ1n) is 13.0. The van der Waals surface area contributed by atoms with E-state index in [0.29, 0.717) is 30.2 Å². The minimum absolute atomic E-state index is 0.0723. The summed E-state index contributed by atoms with van der Waals surface area (Å²) < 4.78 is 40.1. The van der Waals surface area contributed by atoms with E-state index in [4.69, 9.17) is 21.1 Å². The van der Waals surface area contributed by atoms with Crippen LogP contribution in [0.4, 0.5) is 19.3 Å². The van der Waals surface area contributed by atoms with Gasteiger partial charge in [0.1, 0.15) is 23.3 Å². The molecule has 0 saturated carbocycles. The summed E-state index contributed by atoms with van der Waals surface area (Å²) in [6.07, 6.45) is 0.819. The normalized spacial score (nSPS) is 18.1. The minimum atomic E-state index is -1.03. The molecule has 0 aliphatic carbocycles. The van der Waals surface area contributed by atoms with Crippen LogP contribution in [-0.2, 0) is 20.8 Å². The van der Waals surface area contributed by atoms with Crippen LogP contribution in [0, 0.1) is 17.6 Å². The third-order valence-corrected chi connectivity index (χ3v) is 7.91. The number of hydrogen-bond acceptors (Lipinski definition) is 6. The molecule has 1 saturated heterocycles. The molecule has 8 nitrogen and oxygen atoms in total. The molecule has 4 rings (SSSR count). The Labute approximate surface area is 241 Å². The van der Waals surface area contributed by atoms with Crippen molar-refractivity contribution in [2.45, 2.75) is 56.7 Å². The number of anilines is 1. The zero-order chi connectivity index (χ0) is 29.0. The van der Waals surface area contributed by atoms with Gasteiger partial charge < -0.3 is 25.0 Å². The highest BCUT2D eigenvalue weighted by Gasteiger charge is 2.34. The maximum absolute atomic E-state index is 15.2. The van der Waals surface area contributed by atoms with Gasteiger partial charge in [0.25, 0.3) is 11.8 Å². The molecule has 2 aliphatic rings. The van der Waals surface area contributed by atoms with Gasteiger partial charge in [0.15, 0.2) is 0 Å². The Bertz CT molecular complexity index is 1280. The number of carbonyl (C=O) groups excluding carboxylic acids is 3. The number of benzene rings is 2. The first-order chi connectivity index (χ1) is 18.9. The second-order valence-corrected chi connectivity index (χ2v) is 12.2. The molecule has 2 aliphatic heterocycles. The number of nitrogens with zero attached hydrogens (tertiary/aromatic N) is 1. The monoisotopic (exact) mass is 595 g/mol. The van der Waals surface area contributed by atoms with Crippen molar-refractivity contribution in [1.29, 1.82) is 0 Å². The topological polar surface area (TPSA) is 97.0 Å². The minimum Gasteiger partial charge on any atom is -0.444 e. The quantitative estimate of drug-likeness (QED) is 0.470. The molecule has 1 fully saturated rings. The molecule has 0 aromatic heterocycles. The summed E-state index contributed by atoms with van der Waals surface area (Å²) in [5, 5.41) is 5.32. The Hall–Kier alpha value is -2.89. The highest BCUT2D eigenvalue weighted by Crippen LogP contribution is 2.37. The molecule has 0 unspecified atom stereocenters. The lowest BCUT2D eigenvalue weighted by atomic mass is 10.0. The summed E-state index contributed by atoms with van der Waals surface area (Å²) in [5.41, 5.74) is -0.315. The Morgan fingerprint density at radius 1 is 1.15 bits per heavy atom. The van der Waals surface area contributed by atoms with E-state index in [2.05, 4.69) is 10.6 Å². The predicted octanol–water partition coefficient (Wildman–Crippen LogP) is 5.31. The van der Waals surface area contributed by atoms with Crippen LogP contribution in [0.25, 0.3) is 0 Å². The first kappa shape index (κ1) is 30.1. The standard InChI is InChI=1S/C28H32ClF2N3O5S/c1-28(2,3)39-27(37)33-22-15-40-24-12-20(30)18(25(35)32-13-16-6-8-38-9-7-16)11-23(24)34(26(22)36)14-17-4-5-19(29)21(31)10-17/h4-5,10-12,16,22H,6-9,13-15H2,1-3H3,(H,32,35)(H,33,37)/t22-/m0/s1. The third-order valence-electron chi connectivity index (χ3n) is 6.46. The molecule has 2 N–H and O–H groups in total. The summed E-state index contributed by atoms with van der Waals surface area (Å²) in [7, 11) is 0. The lowest BCUT2D eigenvalue weighted by Crippen LogP contribution is -2.50. The predicted molar refractivity (Wildman–Crippen MR) is 149 cm³/mol. The van der Waals surface area contributed by atoms with E-state index in [1.54, 1.807) is 26.8 Å². The number of fused-ring (bicyclic) bond motifs is 1. The maximum atomic E-state index is 15.2. The second kappa shape index (κ2) is 12.7. The Morgan fingerprint density at radius 3 is 2.55 bits per heavy atom. The van der Waals surface area contributed by atoms with Gasteiger partial charge in [0, 0.05) is 30.4 Å². The lowest BCUT2D eigenvalue weighted by molar-refractivity contribution is -0.120. The number of ether oxygens (including phenoxy) is 2.